The van der Waals surface area contributed by atoms with E-state index in [1.165, 1.54) is 0 Å². The van der Waals surface area contributed by atoms with Crippen molar-refractivity contribution >= 4 is 5.91 Å². The molecule has 4 nitrogen and oxygen atoms in total. The third-order valence-electron chi connectivity index (χ3n) is 3.70. The van der Waals surface area contributed by atoms with Gasteiger partial charge in [0, 0.05) is 11.5 Å². The van der Waals surface area contributed by atoms with Crippen molar-refractivity contribution in [1.29, 1.82) is 0 Å². The Morgan fingerprint density at radius 3 is 2.53 bits per heavy atom. The van der Waals surface area contributed by atoms with E-state index in [0.717, 1.165) is 38.8 Å². The van der Waals surface area contributed by atoms with Crippen LogP contribution >= 0.6 is 0 Å². The molecule has 0 radical (unpaired) electrons. The standard InChI is InChI=1S/C11H20N2O2/c1-11(2-4-12-5-3-11)10(15)13-8-6-9(14)7-8/h8-9,12,14H,2-7H2,1H3,(H,13,15). The number of aliphatic hydroxyl groups is 1. The van der Waals surface area contributed by atoms with Crippen LogP contribution in [-0.2, 0) is 4.79 Å². The Bertz CT molecular complexity index is 243. The second kappa shape index (κ2) is 4.10. The zero-order valence-electron chi connectivity index (χ0n) is 9.25. The number of piperidine rings is 1. The Morgan fingerprint density at radius 1 is 1.40 bits per heavy atom. The van der Waals surface area contributed by atoms with E-state index in [4.69, 9.17) is 5.11 Å². The molecule has 0 unspecified atom stereocenters. The van der Waals surface area contributed by atoms with E-state index in [-0.39, 0.29) is 23.5 Å². The van der Waals surface area contributed by atoms with E-state index >= 15 is 0 Å². The zero-order chi connectivity index (χ0) is 10.9. The normalized spacial score (nSPS) is 34.3. The lowest BCUT2D eigenvalue weighted by Crippen LogP contribution is -2.53. The largest absolute Gasteiger partial charge is 0.393 e. The van der Waals surface area contributed by atoms with E-state index in [2.05, 4.69) is 10.6 Å². The van der Waals surface area contributed by atoms with Gasteiger partial charge in [0.25, 0.3) is 0 Å². The summed E-state index contributed by atoms with van der Waals surface area (Å²) in [6.07, 6.45) is 3.07. The predicted octanol–water partition coefficient (Wildman–Crippen LogP) is 0.0156. The zero-order valence-corrected chi connectivity index (χ0v) is 9.25. The van der Waals surface area contributed by atoms with Crippen molar-refractivity contribution in [3.8, 4) is 0 Å². The Hall–Kier alpha value is -0.610. The molecule has 1 aliphatic heterocycles. The third-order valence-corrected chi connectivity index (χ3v) is 3.70. The van der Waals surface area contributed by atoms with Crippen molar-refractivity contribution in [1.82, 2.24) is 10.6 Å². The number of hydrogen-bond acceptors (Lipinski definition) is 3. The van der Waals surface area contributed by atoms with Crippen LogP contribution in [0, 0.1) is 5.41 Å². The molecule has 4 heteroatoms. The number of amides is 1. The number of nitrogens with one attached hydrogen (secondary N) is 2. The number of rotatable bonds is 2. The van der Waals surface area contributed by atoms with E-state index in [1.54, 1.807) is 0 Å². The maximum absolute atomic E-state index is 12.0. The van der Waals surface area contributed by atoms with Crippen LogP contribution in [0.1, 0.15) is 32.6 Å². The first-order valence-corrected chi connectivity index (χ1v) is 5.80. The molecule has 1 heterocycles. The Kier molecular flexibility index (Phi) is 2.98. The van der Waals surface area contributed by atoms with Gasteiger partial charge in [0.2, 0.25) is 5.91 Å². The Morgan fingerprint density at radius 2 is 2.00 bits per heavy atom. The molecule has 0 spiro atoms. The monoisotopic (exact) mass is 212 g/mol. The highest BCUT2D eigenvalue weighted by molar-refractivity contribution is 5.82. The second-order valence-corrected chi connectivity index (χ2v) is 5.11. The minimum absolute atomic E-state index is 0.168. The van der Waals surface area contributed by atoms with Crippen LogP contribution in [0.25, 0.3) is 0 Å². The van der Waals surface area contributed by atoms with Crippen LogP contribution in [-0.4, -0.2) is 36.2 Å². The van der Waals surface area contributed by atoms with Crippen molar-refractivity contribution in [3.05, 3.63) is 0 Å². The molecule has 0 bridgehead atoms. The molecule has 1 saturated carbocycles. The molecule has 3 N–H and O–H groups in total. The summed E-state index contributed by atoms with van der Waals surface area (Å²) >= 11 is 0. The van der Waals surface area contributed by atoms with Crippen LogP contribution in [0.2, 0.25) is 0 Å². The molecule has 86 valence electrons. The van der Waals surface area contributed by atoms with Gasteiger partial charge in [-0.05, 0) is 38.8 Å². The highest BCUT2D eigenvalue weighted by Crippen LogP contribution is 2.29. The fourth-order valence-corrected chi connectivity index (χ4v) is 2.27. The van der Waals surface area contributed by atoms with Crippen molar-refractivity contribution in [2.24, 2.45) is 5.41 Å². The first-order valence-electron chi connectivity index (χ1n) is 5.80. The summed E-state index contributed by atoms with van der Waals surface area (Å²) in [5.74, 6) is 0.168. The van der Waals surface area contributed by atoms with E-state index < -0.39 is 0 Å². The smallest absolute Gasteiger partial charge is 0.226 e. The fourth-order valence-electron chi connectivity index (χ4n) is 2.27. The van der Waals surface area contributed by atoms with Crippen LogP contribution in [0.3, 0.4) is 0 Å². The van der Waals surface area contributed by atoms with Gasteiger partial charge < -0.3 is 15.7 Å². The summed E-state index contributed by atoms with van der Waals surface area (Å²) in [4.78, 5) is 12.0. The van der Waals surface area contributed by atoms with Crippen LogP contribution < -0.4 is 10.6 Å². The van der Waals surface area contributed by atoms with Gasteiger partial charge in [-0.1, -0.05) is 6.92 Å². The lowest BCUT2D eigenvalue weighted by molar-refractivity contribution is -0.133. The summed E-state index contributed by atoms with van der Waals surface area (Å²) in [7, 11) is 0. The van der Waals surface area contributed by atoms with Gasteiger partial charge in [0.05, 0.1) is 6.10 Å². The number of hydrogen-bond donors (Lipinski definition) is 3. The molecular formula is C11H20N2O2. The average Bonchev–Trinajstić information content (AvgIpc) is 2.16. The number of carbonyl (C=O) groups is 1. The molecular weight excluding hydrogens is 192 g/mol. The SMILES string of the molecule is CC1(C(=O)NC2CC(O)C2)CCNCC1. The minimum Gasteiger partial charge on any atom is -0.393 e. The molecule has 15 heavy (non-hydrogen) atoms. The lowest BCUT2D eigenvalue weighted by Gasteiger charge is -2.38. The highest BCUT2D eigenvalue weighted by Gasteiger charge is 2.37. The minimum atomic E-state index is -0.203. The quantitative estimate of drug-likeness (QED) is 0.604. The molecule has 0 atom stereocenters. The summed E-state index contributed by atoms with van der Waals surface area (Å²) in [6.45, 7) is 3.90. The summed E-state index contributed by atoms with van der Waals surface area (Å²) in [6, 6.07) is 0.208. The van der Waals surface area contributed by atoms with Gasteiger partial charge in [-0.3, -0.25) is 4.79 Å². The van der Waals surface area contributed by atoms with E-state index in [9.17, 15) is 4.79 Å². The van der Waals surface area contributed by atoms with Gasteiger partial charge in [-0.15, -0.1) is 0 Å². The third kappa shape index (κ3) is 2.32. The molecule has 1 amide bonds. The number of carbonyl (C=O) groups excluding carboxylic acids is 1. The average molecular weight is 212 g/mol. The summed E-state index contributed by atoms with van der Waals surface area (Å²) < 4.78 is 0. The molecule has 1 saturated heterocycles. The number of aliphatic hydroxyl groups excluding tert-OH is 1. The molecule has 2 fully saturated rings. The molecule has 2 rings (SSSR count). The van der Waals surface area contributed by atoms with Crippen molar-refractivity contribution in [2.45, 2.75) is 44.8 Å². The molecule has 0 aromatic carbocycles. The summed E-state index contributed by atoms with van der Waals surface area (Å²) in [5, 5.41) is 15.4. The van der Waals surface area contributed by atoms with Crippen molar-refractivity contribution < 1.29 is 9.90 Å². The van der Waals surface area contributed by atoms with Gasteiger partial charge in [-0.2, -0.15) is 0 Å². The fraction of sp³-hybridized carbons (Fsp3) is 0.909. The van der Waals surface area contributed by atoms with Gasteiger partial charge in [0.15, 0.2) is 0 Å². The van der Waals surface area contributed by atoms with Gasteiger partial charge in [-0.25, -0.2) is 0 Å². The van der Waals surface area contributed by atoms with Crippen molar-refractivity contribution in [3.63, 3.8) is 0 Å². The first-order chi connectivity index (χ1) is 7.10. The Balaban J connectivity index is 1.83. The van der Waals surface area contributed by atoms with Gasteiger partial charge in [0.1, 0.15) is 0 Å². The van der Waals surface area contributed by atoms with E-state index in [0.29, 0.717) is 0 Å². The maximum atomic E-state index is 12.0. The Labute approximate surface area is 90.4 Å². The highest BCUT2D eigenvalue weighted by atomic mass is 16.3. The second-order valence-electron chi connectivity index (χ2n) is 5.11. The first kappa shape index (κ1) is 10.9. The van der Waals surface area contributed by atoms with Crippen molar-refractivity contribution in [2.75, 3.05) is 13.1 Å². The van der Waals surface area contributed by atoms with Crippen LogP contribution in [0.15, 0.2) is 0 Å². The molecule has 0 aromatic rings. The molecule has 0 aromatic heterocycles. The lowest BCUT2D eigenvalue weighted by atomic mass is 9.79. The van der Waals surface area contributed by atoms with Gasteiger partial charge >= 0.3 is 0 Å². The van der Waals surface area contributed by atoms with Crippen LogP contribution in [0.4, 0.5) is 0 Å². The summed E-state index contributed by atoms with van der Waals surface area (Å²) in [5.41, 5.74) is -0.203. The maximum Gasteiger partial charge on any atom is 0.226 e. The topological polar surface area (TPSA) is 61.4 Å². The van der Waals surface area contributed by atoms with Crippen LogP contribution in [0.5, 0.6) is 0 Å². The molecule has 1 aliphatic carbocycles. The molecule has 2 aliphatic rings. The predicted molar refractivity (Wildman–Crippen MR) is 57.4 cm³/mol. The van der Waals surface area contributed by atoms with E-state index in [1.807, 2.05) is 6.92 Å².